The second kappa shape index (κ2) is 7.80. The normalized spacial score (nSPS) is 11.0. The van der Waals surface area contributed by atoms with Crippen molar-refractivity contribution < 1.29 is 0 Å². The van der Waals surface area contributed by atoms with Gasteiger partial charge in [-0.15, -0.1) is 0 Å². The molecule has 0 aromatic heterocycles. The zero-order valence-corrected chi connectivity index (χ0v) is 13.5. The van der Waals surface area contributed by atoms with Gasteiger partial charge in [0, 0.05) is 30.3 Å². The Bertz CT molecular complexity index is 364. The van der Waals surface area contributed by atoms with Crippen molar-refractivity contribution in [1.82, 2.24) is 5.32 Å². The summed E-state index contributed by atoms with van der Waals surface area (Å²) >= 11 is 3.57. The maximum Gasteiger partial charge on any atom is 0.0420 e. The van der Waals surface area contributed by atoms with E-state index in [1.807, 2.05) is 0 Å². The first kappa shape index (κ1) is 15.5. The standard InChI is InChI=1S/C15H25BrN2/c1-5-8-17-10-13-6-7-14(16)9-15(13)18(4)11-12(2)3/h6-7,9,12,17H,5,8,10-11H2,1-4H3. The van der Waals surface area contributed by atoms with Crippen molar-refractivity contribution in [2.24, 2.45) is 5.92 Å². The molecule has 0 spiro atoms. The summed E-state index contributed by atoms with van der Waals surface area (Å²) in [4.78, 5) is 2.35. The molecule has 1 rings (SSSR count). The Hall–Kier alpha value is -0.540. The third-order valence-electron chi connectivity index (χ3n) is 2.84. The van der Waals surface area contributed by atoms with Gasteiger partial charge in [0.1, 0.15) is 0 Å². The maximum absolute atomic E-state index is 3.57. The van der Waals surface area contributed by atoms with Gasteiger partial charge in [0.05, 0.1) is 0 Å². The Labute approximate surface area is 120 Å². The average Bonchev–Trinajstić information content (AvgIpc) is 2.30. The van der Waals surface area contributed by atoms with Crippen LogP contribution in [-0.2, 0) is 6.54 Å². The molecule has 1 N–H and O–H groups in total. The summed E-state index contributed by atoms with van der Waals surface area (Å²) in [5, 5.41) is 3.48. The quantitative estimate of drug-likeness (QED) is 0.764. The van der Waals surface area contributed by atoms with Crippen LogP contribution in [-0.4, -0.2) is 20.1 Å². The molecule has 0 fully saturated rings. The van der Waals surface area contributed by atoms with Gasteiger partial charge in [-0.05, 0) is 36.6 Å². The number of hydrogen-bond acceptors (Lipinski definition) is 2. The summed E-state index contributed by atoms with van der Waals surface area (Å²) in [6.07, 6.45) is 1.17. The smallest absolute Gasteiger partial charge is 0.0420 e. The third-order valence-corrected chi connectivity index (χ3v) is 3.33. The lowest BCUT2D eigenvalue weighted by atomic mass is 10.1. The van der Waals surface area contributed by atoms with Crippen LogP contribution in [0.3, 0.4) is 0 Å². The van der Waals surface area contributed by atoms with Gasteiger partial charge in [0.15, 0.2) is 0 Å². The molecule has 102 valence electrons. The number of hydrogen-bond donors (Lipinski definition) is 1. The molecular formula is C15H25BrN2. The van der Waals surface area contributed by atoms with Crippen LogP contribution < -0.4 is 10.2 Å². The van der Waals surface area contributed by atoms with Crippen molar-refractivity contribution >= 4 is 21.6 Å². The Morgan fingerprint density at radius 1 is 1.33 bits per heavy atom. The van der Waals surface area contributed by atoms with E-state index in [9.17, 15) is 0 Å². The minimum absolute atomic E-state index is 0.672. The summed E-state index contributed by atoms with van der Waals surface area (Å²) in [5.41, 5.74) is 2.69. The van der Waals surface area contributed by atoms with Gasteiger partial charge in [-0.3, -0.25) is 0 Å². The molecule has 0 atom stereocenters. The van der Waals surface area contributed by atoms with Crippen LogP contribution in [0, 0.1) is 5.92 Å². The maximum atomic E-state index is 3.57. The lowest BCUT2D eigenvalue weighted by Gasteiger charge is -2.25. The van der Waals surface area contributed by atoms with E-state index < -0.39 is 0 Å². The molecule has 0 amide bonds. The third kappa shape index (κ3) is 4.99. The molecule has 0 aliphatic heterocycles. The molecule has 2 nitrogen and oxygen atoms in total. The minimum atomic E-state index is 0.672. The molecule has 0 aliphatic carbocycles. The lowest BCUT2D eigenvalue weighted by molar-refractivity contribution is 0.632. The summed E-state index contributed by atoms with van der Waals surface area (Å²) in [7, 11) is 2.17. The van der Waals surface area contributed by atoms with Crippen molar-refractivity contribution in [2.45, 2.75) is 33.7 Å². The van der Waals surface area contributed by atoms with Crippen LogP contribution in [0.4, 0.5) is 5.69 Å². The highest BCUT2D eigenvalue weighted by atomic mass is 79.9. The van der Waals surface area contributed by atoms with E-state index in [-0.39, 0.29) is 0 Å². The topological polar surface area (TPSA) is 15.3 Å². The van der Waals surface area contributed by atoms with Crippen molar-refractivity contribution in [2.75, 3.05) is 25.0 Å². The first-order valence-corrected chi connectivity index (χ1v) is 7.54. The van der Waals surface area contributed by atoms with Crippen LogP contribution in [0.15, 0.2) is 22.7 Å². The fourth-order valence-electron chi connectivity index (χ4n) is 2.09. The van der Waals surface area contributed by atoms with Crippen LogP contribution in [0.5, 0.6) is 0 Å². The molecular weight excluding hydrogens is 288 g/mol. The molecule has 18 heavy (non-hydrogen) atoms. The van der Waals surface area contributed by atoms with Gasteiger partial charge >= 0.3 is 0 Å². The second-order valence-corrected chi connectivity index (χ2v) is 6.14. The van der Waals surface area contributed by atoms with Crippen LogP contribution >= 0.6 is 15.9 Å². The zero-order chi connectivity index (χ0) is 13.5. The SMILES string of the molecule is CCCNCc1ccc(Br)cc1N(C)CC(C)C. The van der Waals surface area contributed by atoms with Crippen molar-refractivity contribution in [3.63, 3.8) is 0 Å². The molecule has 0 saturated heterocycles. The molecule has 3 heteroatoms. The summed E-state index contributed by atoms with van der Waals surface area (Å²) in [6, 6.07) is 6.54. The number of nitrogens with zero attached hydrogens (tertiary/aromatic N) is 1. The van der Waals surface area contributed by atoms with Gasteiger partial charge in [-0.25, -0.2) is 0 Å². The van der Waals surface area contributed by atoms with Crippen LogP contribution in [0.1, 0.15) is 32.8 Å². The largest absolute Gasteiger partial charge is 0.374 e. The monoisotopic (exact) mass is 312 g/mol. The van der Waals surface area contributed by atoms with Crippen molar-refractivity contribution in [3.8, 4) is 0 Å². The molecule has 0 bridgehead atoms. The van der Waals surface area contributed by atoms with E-state index in [0.29, 0.717) is 5.92 Å². The first-order chi connectivity index (χ1) is 8.54. The predicted octanol–water partition coefficient (Wildman–Crippen LogP) is 4.04. The van der Waals surface area contributed by atoms with E-state index in [4.69, 9.17) is 0 Å². The van der Waals surface area contributed by atoms with E-state index in [1.54, 1.807) is 0 Å². The Balaban J connectivity index is 2.81. The molecule has 0 radical (unpaired) electrons. The number of benzene rings is 1. The van der Waals surface area contributed by atoms with Crippen molar-refractivity contribution in [1.29, 1.82) is 0 Å². The van der Waals surface area contributed by atoms with E-state index in [1.165, 1.54) is 17.7 Å². The summed E-state index contributed by atoms with van der Waals surface area (Å²) < 4.78 is 1.15. The zero-order valence-electron chi connectivity index (χ0n) is 12.0. The van der Waals surface area contributed by atoms with Gasteiger partial charge < -0.3 is 10.2 Å². The number of anilines is 1. The highest BCUT2D eigenvalue weighted by molar-refractivity contribution is 9.10. The van der Waals surface area contributed by atoms with Gasteiger partial charge in [0.25, 0.3) is 0 Å². The lowest BCUT2D eigenvalue weighted by Crippen LogP contribution is -2.25. The summed E-state index contributed by atoms with van der Waals surface area (Å²) in [5.74, 6) is 0.672. The number of nitrogens with one attached hydrogen (secondary N) is 1. The molecule has 1 aromatic carbocycles. The van der Waals surface area contributed by atoms with E-state index >= 15 is 0 Å². The fourth-order valence-corrected chi connectivity index (χ4v) is 2.44. The number of rotatable bonds is 7. The van der Waals surface area contributed by atoms with Gasteiger partial charge in [-0.1, -0.05) is 42.8 Å². The molecule has 0 aliphatic rings. The molecule has 1 aromatic rings. The highest BCUT2D eigenvalue weighted by Crippen LogP contribution is 2.25. The molecule has 0 saturated carbocycles. The van der Waals surface area contributed by atoms with E-state index in [0.717, 1.165) is 24.1 Å². The molecule has 0 unspecified atom stereocenters. The number of halogens is 1. The predicted molar refractivity (Wildman–Crippen MR) is 84.2 cm³/mol. The van der Waals surface area contributed by atoms with Gasteiger partial charge in [-0.2, -0.15) is 0 Å². The Morgan fingerprint density at radius 2 is 2.06 bits per heavy atom. The Kier molecular flexibility index (Phi) is 6.72. The van der Waals surface area contributed by atoms with E-state index in [2.05, 4.69) is 72.2 Å². The second-order valence-electron chi connectivity index (χ2n) is 5.22. The first-order valence-electron chi connectivity index (χ1n) is 6.74. The fraction of sp³-hybridized carbons (Fsp3) is 0.600. The van der Waals surface area contributed by atoms with Gasteiger partial charge in [0.2, 0.25) is 0 Å². The van der Waals surface area contributed by atoms with Crippen molar-refractivity contribution in [3.05, 3.63) is 28.2 Å². The average molecular weight is 313 g/mol. The highest BCUT2D eigenvalue weighted by Gasteiger charge is 2.09. The summed E-state index contributed by atoms with van der Waals surface area (Å²) in [6.45, 7) is 9.80. The molecule has 0 heterocycles. The Morgan fingerprint density at radius 3 is 2.67 bits per heavy atom. The van der Waals surface area contributed by atoms with Crippen LogP contribution in [0.2, 0.25) is 0 Å². The van der Waals surface area contributed by atoms with Crippen LogP contribution in [0.25, 0.3) is 0 Å². The minimum Gasteiger partial charge on any atom is -0.374 e.